The van der Waals surface area contributed by atoms with Crippen LogP contribution in [-0.4, -0.2) is 31.4 Å². The van der Waals surface area contributed by atoms with Gasteiger partial charge in [-0.25, -0.2) is 0 Å². The largest absolute Gasteiger partial charge is 0.352 e. The van der Waals surface area contributed by atoms with Crippen molar-refractivity contribution in [3.05, 3.63) is 35.4 Å². The first kappa shape index (κ1) is 20.4. The van der Waals surface area contributed by atoms with E-state index in [1.54, 1.807) is 0 Å². The van der Waals surface area contributed by atoms with E-state index < -0.39 is 0 Å². The standard InChI is InChI=1S/C21H33N3O2/c1-3-4-12-23-21(26)18-9-7-17(8-10-18)14-24-20(25)13-16(2)19-6-5-11-22-15-19/h7-10,16,19,22H,3-6,11-15H2,1-2H3,(H,23,26)(H,24,25). The number of unbranched alkanes of at least 4 members (excludes halogenated alkanes) is 1. The van der Waals surface area contributed by atoms with Crippen molar-refractivity contribution >= 4 is 11.8 Å². The monoisotopic (exact) mass is 359 g/mol. The summed E-state index contributed by atoms with van der Waals surface area (Å²) in [5, 5.41) is 9.32. The van der Waals surface area contributed by atoms with Crippen LogP contribution in [-0.2, 0) is 11.3 Å². The summed E-state index contributed by atoms with van der Waals surface area (Å²) < 4.78 is 0. The summed E-state index contributed by atoms with van der Waals surface area (Å²) in [6.45, 7) is 7.61. The zero-order valence-electron chi connectivity index (χ0n) is 16.1. The van der Waals surface area contributed by atoms with Gasteiger partial charge in [0, 0.05) is 25.1 Å². The van der Waals surface area contributed by atoms with Crippen LogP contribution >= 0.6 is 0 Å². The number of hydrogen-bond acceptors (Lipinski definition) is 3. The SMILES string of the molecule is CCCCNC(=O)c1ccc(CNC(=O)CC(C)C2CCCNC2)cc1. The summed E-state index contributed by atoms with van der Waals surface area (Å²) in [6, 6.07) is 7.45. The molecule has 0 saturated carbocycles. The second-order valence-corrected chi connectivity index (χ2v) is 7.37. The molecule has 2 amide bonds. The summed E-state index contributed by atoms with van der Waals surface area (Å²) in [5.74, 6) is 1.06. The smallest absolute Gasteiger partial charge is 0.251 e. The van der Waals surface area contributed by atoms with Gasteiger partial charge in [-0.3, -0.25) is 9.59 Å². The molecule has 2 unspecified atom stereocenters. The molecule has 26 heavy (non-hydrogen) atoms. The fourth-order valence-corrected chi connectivity index (χ4v) is 3.35. The molecule has 2 rings (SSSR count). The van der Waals surface area contributed by atoms with Gasteiger partial charge in [-0.2, -0.15) is 0 Å². The molecule has 1 aliphatic heterocycles. The van der Waals surface area contributed by atoms with Crippen molar-refractivity contribution in [2.75, 3.05) is 19.6 Å². The molecule has 1 aliphatic rings. The zero-order valence-corrected chi connectivity index (χ0v) is 16.1. The number of carbonyl (C=O) groups is 2. The van der Waals surface area contributed by atoms with E-state index in [1.165, 1.54) is 12.8 Å². The number of amides is 2. The molecule has 0 aromatic heterocycles. The van der Waals surface area contributed by atoms with Crippen molar-refractivity contribution in [2.24, 2.45) is 11.8 Å². The number of hydrogen-bond donors (Lipinski definition) is 3. The molecule has 5 nitrogen and oxygen atoms in total. The van der Waals surface area contributed by atoms with Crippen molar-refractivity contribution in [1.29, 1.82) is 0 Å². The van der Waals surface area contributed by atoms with Crippen LogP contribution in [0.3, 0.4) is 0 Å². The third-order valence-electron chi connectivity index (χ3n) is 5.17. The quantitative estimate of drug-likeness (QED) is 0.594. The van der Waals surface area contributed by atoms with Gasteiger partial charge >= 0.3 is 0 Å². The Morgan fingerprint density at radius 1 is 1.23 bits per heavy atom. The van der Waals surface area contributed by atoms with E-state index in [0.29, 0.717) is 36.9 Å². The highest BCUT2D eigenvalue weighted by molar-refractivity contribution is 5.94. The van der Waals surface area contributed by atoms with Crippen LogP contribution in [0.2, 0.25) is 0 Å². The predicted molar refractivity (Wildman–Crippen MR) is 105 cm³/mol. The maximum Gasteiger partial charge on any atom is 0.251 e. The average Bonchev–Trinajstić information content (AvgIpc) is 2.67. The van der Waals surface area contributed by atoms with Gasteiger partial charge in [-0.15, -0.1) is 0 Å². The first-order valence-electron chi connectivity index (χ1n) is 9.94. The molecule has 5 heteroatoms. The topological polar surface area (TPSA) is 70.2 Å². The maximum atomic E-state index is 12.2. The Morgan fingerprint density at radius 3 is 2.65 bits per heavy atom. The second kappa shape index (κ2) is 11.0. The molecule has 0 bridgehead atoms. The Balaban J connectivity index is 1.72. The average molecular weight is 360 g/mol. The lowest BCUT2D eigenvalue weighted by molar-refractivity contribution is -0.122. The van der Waals surface area contributed by atoms with Crippen molar-refractivity contribution in [2.45, 2.75) is 52.5 Å². The molecule has 3 N–H and O–H groups in total. The molecule has 0 radical (unpaired) electrons. The summed E-state index contributed by atoms with van der Waals surface area (Å²) in [6.07, 6.45) is 5.04. The van der Waals surface area contributed by atoms with Crippen LogP contribution in [0.25, 0.3) is 0 Å². The minimum absolute atomic E-state index is 0.0380. The van der Waals surface area contributed by atoms with Gasteiger partial charge in [0.15, 0.2) is 0 Å². The van der Waals surface area contributed by atoms with Crippen molar-refractivity contribution < 1.29 is 9.59 Å². The third kappa shape index (κ3) is 6.79. The van der Waals surface area contributed by atoms with Gasteiger partial charge in [-0.05, 0) is 61.9 Å². The highest BCUT2D eigenvalue weighted by Crippen LogP contribution is 2.22. The number of nitrogens with one attached hydrogen (secondary N) is 3. The van der Waals surface area contributed by atoms with Crippen LogP contribution < -0.4 is 16.0 Å². The highest BCUT2D eigenvalue weighted by Gasteiger charge is 2.21. The van der Waals surface area contributed by atoms with Crippen molar-refractivity contribution in [3.63, 3.8) is 0 Å². The Hall–Kier alpha value is -1.88. The Labute approximate surface area is 157 Å². The minimum Gasteiger partial charge on any atom is -0.352 e. The molecule has 1 heterocycles. The van der Waals surface area contributed by atoms with Crippen LogP contribution in [0.4, 0.5) is 0 Å². The van der Waals surface area contributed by atoms with Gasteiger partial charge in [-0.1, -0.05) is 32.4 Å². The lowest BCUT2D eigenvalue weighted by atomic mass is 9.85. The van der Waals surface area contributed by atoms with E-state index >= 15 is 0 Å². The van der Waals surface area contributed by atoms with E-state index in [-0.39, 0.29) is 11.8 Å². The van der Waals surface area contributed by atoms with Gasteiger partial charge in [0.05, 0.1) is 0 Å². The Kier molecular flexibility index (Phi) is 8.62. The van der Waals surface area contributed by atoms with Crippen LogP contribution in [0.1, 0.15) is 61.9 Å². The lowest BCUT2D eigenvalue weighted by Crippen LogP contribution is -2.35. The van der Waals surface area contributed by atoms with Crippen LogP contribution in [0, 0.1) is 11.8 Å². The fourth-order valence-electron chi connectivity index (χ4n) is 3.35. The summed E-state index contributed by atoms with van der Waals surface area (Å²) in [5.41, 5.74) is 1.67. The normalized spacial score (nSPS) is 18.2. The molecule has 0 aliphatic carbocycles. The fraction of sp³-hybridized carbons (Fsp3) is 0.619. The van der Waals surface area contributed by atoms with Gasteiger partial charge in [0.25, 0.3) is 5.91 Å². The van der Waals surface area contributed by atoms with Gasteiger partial charge in [0.1, 0.15) is 0 Å². The van der Waals surface area contributed by atoms with E-state index in [1.807, 2.05) is 24.3 Å². The first-order chi connectivity index (χ1) is 12.6. The summed E-state index contributed by atoms with van der Waals surface area (Å²) >= 11 is 0. The molecule has 2 atom stereocenters. The molecule has 1 aromatic carbocycles. The second-order valence-electron chi connectivity index (χ2n) is 7.37. The number of carbonyl (C=O) groups excluding carboxylic acids is 2. The molecule has 1 aromatic rings. The zero-order chi connectivity index (χ0) is 18.8. The third-order valence-corrected chi connectivity index (χ3v) is 5.17. The van der Waals surface area contributed by atoms with Gasteiger partial charge in [0.2, 0.25) is 5.91 Å². The van der Waals surface area contributed by atoms with E-state index in [4.69, 9.17) is 0 Å². The number of rotatable bonds is 9. The van der Waals surface area contributed by atoms with Crippen LogP contribution in [0.15, 0.2) is 24.3 Å². The molecule has 144 valence electrons. The first-order valence-corrected chi connectivity index (χ1v) is 9.94. The lowest BCUT2D eigenvalue weighted by Gasteiger charge is -2.28. The molecule has 1 fully saturated rings. The summed E-state index contributed by atoms with van der Waals surface area (Å²) in [7, 11) is 0. The van der Waals surface area contributed by atoms with Crippen LogP contribution in [0.5, 0.6) is 0 Å². The van der Waals surface area contributed by atoms with Gasteiger partial charge < -0.3 is 16.0 Å². The maximum absolute atomic E-state index is 12.2. The van der Waals surface area contributed by atoms with E-state index in [0.717, 1.165) is 31.5 Å². The minimum atomic E-state index is -0.0380. The van der Waals surface area contributed by atoms with E-state index in [2.05, 4.69) is 29.8 Å². The number of benzene rings is 1. The summed E-state index contributed by atoms with van der Waals surface area (Å²) in [4.78, 5) is 24.2. The Bertz CT molecular complexity index is 565. The molecule has 0 spiro atoms. The van der Waals surface area contributed by atoms with Crippen molar-refractivity contribution in [1.82, 2.24) is 16.0 Å². The van der Waals surface area contributed by atoms with E-state index in [9.17, 15) is 9.59 Å². The predicted octanol–water partition coefficient (Wildman–Crippen LogP) is 2.86. The Morgan fingerprint density at radius 2 is 2.00 bits per heavy atom. The number of piperidine rings is 1. The van der Waals surface area contributed by atoms with Crippen molar-refractivity contribution in [3.8, 4) is 0 Å². The molecular weight excluding hydrogens is 326 g/mol. The molecule has 1 saturated heterocycles. The molecular formula is C21H33N3O2. The highest BCUT2D eigenvalue weighted by atomic mass is 16.2.